The first-order valence-electron chi connectivity index (χ1n) is 5.74. The van der Waals surface area contributed by atoms with Gasteiger partial charge in [0.05, 0.1) is 12.2 Å². The van der Waals surface area contributed by atoms with E-state index in [4.69, 9.17) is 0 Å². The van der Waals surface area contributed by atoms with E-state index in [0.29, 0.717) is 6.54 Å². The highest BCUT2D eigenvalue weighted by atomic mass is 16.2. The van der Waals surface area contributed by atoms with Crippen molar-refractivity contribution < 1.29 is 4.79 Å². The average Bonchev–Trinajstić information content (AvgIpc) is 2.89. The second-order valence-electron chi connectivity index (χ2n) is 4.21. The van der Waals surface area contributed by atoms with Crippen LogP contribution in [0, 0.1) is 0 Å². The molecule has 88 valence electrons. The van der Waals surface area contributed by atoms with Gasteiger partial charge in [0, 0.05) is 19.8 Å². The number of aryl methyl sites for hydroxylation is 1. The molecule has 5 heteroatoms. The lowest BCUT2D eigenvalue weighted by Gasteiger charge is -2.10. The summed E-state index contributed by atoms with van der Waals surface area (Å²) >= 11 is 0. The summed E-state index contributed by atoms with van der Waals surface area (Å²) in [5.74, 6) is 0.126. The van der Waals surface area contributed by atoms with Gasteiger partial charge in [-0.15, -0.1) is 0 Å². The van der Waals surface area contributed by atoms with Crippen LogP contribution in [0.15, 0.2) is 12.4 Å². The standard InChI is InChI=1S/C11H18N4O/c1-15-8-9(7-14-15)4-6-13-11(16)10-3-2-5-12-10/h7-8,10,12H,2-6H2,1H3,(H,13,16)/t10-/m1/s1. The van der Waals surface area contributed by atoms with Crippen molar-refractivity contribution in [1.29, 1.82) is 0 Å². The molecule has 0 unspecified atom stereocenters. The number of aromatic nitrogens is 2. The van der Waals surface area contributed by atoms with Crippen LogP contribution in [-0.4, -0.2) is 34.8 Å². The van der Waals surface area contributed by atoms with Gasteiger partial charge in [-0.2, -0.15) is 5.10 Å². The molecule has 2 N–H and O–H groups in total. The van der Waals surface area contributed by atoms with E-state index in [1.165, 1.54) is 0 Å². The number of nitrogens with one attached hydrogen (secondary N) is 2. The van der Waals surface area contributed by atoms with Crippen molar-refractivity contribution in [3.63, 3.8) is 0 Å². The molecule has 16 heavy (non-hydrogen) atoms. The molecule has 1 aliphatic heterocycles. The molecular formula is C11H18N4O. The summed E-state index contributed by atoms with van der Waals surface area (Å²) in [6.07, 6.45) is 6.70. The summed E-state index contributed by atoms with van der Waals surface area (Å²) in [7, 11) is 1.89. The normalized spacial score (nSPS) is 19.9. The van der Waals surface area contributed by atoms with E-state index in [-0.39, 0.29) is 11.9 Å². The highest BCUT2D eigenvalue weighted by molar-refractivity contribution is 5.81. The van der Waals surface area contributed by atoms with E-state index < -0.39 is 0 Å². The predicted molar refractivity (Wildman–Crippen MR) is 60.9 cm³/mol. The first-order valence-corrected chi connectivity index (χ1v) is 5.74. The lowest BCUT2D eigenvalue weighted by molar-refractivity contribution is -0.122. The quantitative estimate of drug-likeness (QED) is 0.743. The van der Waals surface area contributed by atoms with Gasteiger partial charge in [-0.05, 0) is 31.4 Å². The second kappa shape index (κ2) is 5.12. The van der Waals surface area contributed by atoms with Gasteiger partial charge >= 0.3 is 0 Å². The molecule has 1 aliphatic rings. The number of hydrogen-bond donors (Lipinski definition) is 2. The smallest absolute Gasteiger partial charge is 0.237 e. The van der Waals surface area contributed by atoms with Crippen molar-refractivity contribution in [2.24, 2.45) is 7.05 Å². The van der Waals surface area contributed by atoms with Crippen LogP contribution in [0.2, 0.25) is 0 Å². The van der Waals surface area contributed by atoms with Gasteiger partial charge < -0.3 is 10.6 Å². The van der Waals surface area contributed by atoms with Crippen LogP contribution in [0.3, 0.4) is 0 Å². The van der Waals surface area contributed by atoms with Crippen LogP contribution >= 0.6 is 0 Å². The van der Waals surface area contributed by atoms with E-state index >= 15 is 0 Å². The third-order valence-electron chi connectivity index (χ3n) is 2.85. The van der Waals surface area contributed by atoms with E-state index in [2.05, 4.69) is 15.7 Å². The Hall–Kier alpha value is -1.36. The van der Waals surface area contributed by atoms with Crippen LogP contribution in [0.1, 0.15) is 18.4 Å². The first-order chi connectivity index (χ1) is 7.75. The zero-order valence-corrected chi connectivity index (χ0v) is 9.57. The van der Waals surface area contributed by atoms with Crippen LogP contribution in [0.4, 0.5) is 0 Å². The monoisotopic (exact) mass is 222 g/mol. The van der Waals surface area contributed by atoms with Gasteiger partial charge in [-0.25, -0.2) is 0 Å². The Kier molecular flexibility index (Phi) is 3.56. The minimum atomic E-state index is 0.0221. The van der Waals surface area contributed by atoms with Crippen molar-refractivity contribution in [3.8, 4) is 0 Å². The Morgan fingerprint density at radius 1 is 1.75 bits per heavy atom. The van der Waals surface area contributed by atoms with Gasteiger partial charge in [-0.1, -0.05) is 0 Å². The number of carbonyl (C=O) groups is 1. The maximum Gasteiger partial charge on any atom is 0.237 e. The van der Waals surface area contributed by atoms with Crippen LogP contribution in [0.25, 0.3) is 0 Å². The zero-order chi connectivity index (χ0) is 11.4. The number of amides is 1. The van der Waals surface area contributed by atoms with E-state index in [0.717, 1.165) is 31.4 Å². The second-order valence-corrected chi connectivity index (χ2v) is 4.21. The molecule has 0 spiro atoms. The minimum Gasteiger partial charge on any atom is -0.354 e. The van der Waals surface area contributed by atoms with Gasteiger partial charge in [0.15, 0.2) is 0 Å². The summed E-state index contributed by atoms with van der Waals surface area (Å²) in [6, 6.07) is 0.0221. The van der Waals surface area contributed by atoms with Crippen molar-refractivity contribution in [2.75, 3.05) is 13.1 Å². The Morgan fingerprint density at radius 3 is 3.25 bits per heavy atom. The molecule has 0 bridgehead atoms. The SMILES string of the molecule is Cn1cc(CCNC(=O)[C@H]2CCCN2)cn1. The molecule has 0 aromatic carbocycles. The van der Waals surface area contributed by atoms with Gasteiger partial charge in [0.2, 0.25) is 5.91 Å². The maximum atomic E-state index is 11.6. The molecule has 1 fully saturated rings. The fourth-order valence-electron chi connectivity index (χ4n) is 1.96. The van der Waals surface area contributed by atoms with Crippen LogP contribution in [-0.2, 0) is 18.3 Å². The van der Waals surface area contributed by atoms with Crippen molar-refractivity contribution >= 4 is 5.91 Å². The van der Waals surface area contributed by atoms with Crippen molar-refractivity contribution in [2.45, 2.75) is 25.3 Å². The first kappa shape index (κ1) is 11.1. The molecule has 1 amide bonds. The number of nitrogens with zero attached hydrogens (tertiary/aromatic N) is 2. The molecule has 0 saturated carbocycles. The summed E-state index contributed by atoms with van der Waals surface area (Å²) in [6.45, 7) is 1.64. The zero-order valence-electron chi connectivity index (χ0n) is 9.57. The van der Waals surface area contributed by atoms with Gasteiger partial charge in [0.25, 0.3) is 0 Å². The van der Waals surface area contributed by atoms with E-state index in [1.54, 1.807) is 4.68 Å². The molecule has 2 rings (SSSR count). The van der Waals surface area contributed by atoms with Gasteiger partial charge in [0.1, 0.15) is 0 Å². The lowest BCUT2D eigenvalue weighted by Crippen LogP contribution is -2.41. The van der Waals surface area contributed by atoms with Crippen molar-refractivity contribution in [1.82, 2.24) is 20.4 Å². The largest absolute Gasteiger partial charge is 0.354 e. The van der Waals surface area contributed by atoms with Crippen LogP contribution in [0.5, 0.6) is 0 Å². The van der Waals surface area contributed by atoms with Crippen LogP contribution < -0.4 is 10.6 Å². The molecular weight excluding hydrogens is 204 g/mol. The maximum absolute atomic E-state index is 11.6. The average molecular weight is 222 g/mol. The summed E-state index contributed by atoms with van der Waals surface area (Å²) in [5, 5.41) is 10.2. The Balaban J connectivity index is 1.69. The summed E-state index contributed by atoms with van der Waals surface area (Å²) < 4.78 is 1.77. The molecule has 1 saturated heterocycles. The number of hydrogen-bond acceptors (Lipinski definition) is 3. The molecule has 1 atom stereocenters. The number of carbonyl (C=O) groups excluding carboxylic acids is 1. The Bertz CT molecular complexity index is 355. The van der Waals surface area contributed by atoms with E-state index in [1.807, 2.05) is 19.4 Å². The minimum absolute atomic E-state index is 0.0221. The lowest BCUT2D eigenvalue weighted by atomic mass is 10.2. The van der Waals surface area contributed by atoms with Gasteiger partial charge in [-0.3, -0.25) is 9.48 Å². The molecule has 0 aliphatic carbocycles. The highest BCUT2D eigenvalue weighted by Gasteiger charge is 2.21. The fraction of sp³-hybridized carbons (Fsp3) is 0.636. The molecule has 1 aromatic heterocycles. The van der Waals surface area contributed by atoms with E-state index in [9.17, 15) is 4.79 Å². The fourth-order valence-corrected chi connectivity index (χ4v) is 1.96. The molecule has 0 radical (unpaired) electrons. The highest BCUT2D eigenvalue weighted by Crippen LogP contribution is 2.04. The molecule has 5 nitrogen and oxygen atoms in total. The third kappa shape index (κ3) is 2.82. The Morgan fingerprint density at radius 2 is 2.62 bits per heavy atom. The third-order valence-corrected chi connectivity index (χ3v) is 2.85. The Labute approximate surface area is 95.2 Å². The van der Waals surface area contributed by atoms with Crippen molar-refractivity contribution in [3.05, 3.63) is 18.0 Å². The summed E-state index contributed by atoms with van der Waals surface area (Å²) in [4.78, 5) is 11.6. The topological polar surface area (TPSA) is 59.0 Å². The molecule has 2 heterocycles. The predicted octanol–water partition coefficient (Wildman–Crippen LogP) is -0.169. The molecule has 1 aromatic rings. The number of rotatable bonds is 4. The summed E-state index contributed by atoms with van der Waals surface area (Å²) in [5.41, 5.74) is 1.15.